The van der Waals surface area contributed by atoms with E-state index in [1.54, 1.807) is 18.2 Å². The van der Waals surface area contributed by atoms with Crippen LogP contribution in [0.25, 0.3) is 16.6 Å². The molecule has 0 aliphatic rings. The topological polar surface area (TPSA) is 84.2 Å². The maximum absolute atomic E-state index is 13.6. The van der Waals surface area contributed by atoms with Crippen molar-refractivity contribution in [3.63, 3.8) is 0 Å². The Kier molecular flexibility index (Phi) is 4.47. The van der Waals surface area contributed by atoms with Gasteiger partial charge in [-0.1, -0.05) is 18.2 Å². The number of aryl methyl sites for hydroxylation is 1. The highest BCUT2D eigenvalue weighted by Crippen LogP contribution is 2.17. The van der Waals surface area contributed by atoms with Gasteiger partial charge in [-0.15, -0.1) is 0 Å². The number of nitrogens with zero attached hydrogens (tertiary/aromatic N) is 2. The zero-order valence-electron chi connectivity index (χ0n) is 13.5. The molecule has 0 bridgehead atoms. The third-order valence-corrected chi connectivity index (χ3v) is 3.87. The smallest absolute Gasteiger partial charge is 0.404 e. The summed E-state index contributed by atoms with van der Waals surface area (Å²) in [7, 11) is 0. The Bertz CT molecular complexity index is 1010. The second-order valence-electron chi connectivity index (χ2n) is 5.60. The predicted molar refractivity (Wildman–Crippen MR) is 91.8 cm³/mol. The molecule has 2 N–H and O–H groups in total. The fraction of sp³-hybridized carbons (Fsp3) is 0.167. The van der Waals surface area contributed by atoms with E-state index in [1.807, 2.05) is 13.0 Å². The number of hydrogen-bond donors (Lipinski definition) is 2. The number of rotatable bonds is 4. The maximum atomic E-state index is 13.6. The first-order valence-electron chi connectivity index (χ1n) is 7.71. The van der Waals surface area contributed by atoms with Crippen LogP contribution in [0.5, 0.6) is 0 Å². The average molecular weight is 341 g/mol. The molecule has 0 fully saturated rings. The molecule has 0 atom stereocenters. The van der Waals surface area contributed by atoms with Gasteiger partial charge >= 0.3 is 6.09 Å². The molecule has 1 heterocycles. The lowest BCUT2D eigenvalue weighted by Crippen LogP contribution is -2.29. The van der Waals surface area contributed by atoms with Gasteiger partial charge in [-0.2, -0.15) is 0 Å². The van der Waals surface area contributed by atoms with E-state index < -0.39 is 11.9 Å². The van der Waals surface area contributed by atoms with Crippen molar-refractivity contribution in [1.82, 2.24) is 14.9 Å². The molecule has 3 aromatic rings. The van der Waals surface area contributed by atoms with Crippen molar-refractivity contribution in [3.05, 3.63) is 70.0 Å². The molecule has 1 amide bonds. The third kappa shape index (κ3) is 3.35. The second kappa shape index (κ2) is 6.72. The lowest BCUT2D eigenvalue weighted by molar-refractivity contribution is 0.194. The SMILES string of the molecule is Cc1cccc2nc(CCNC(=O)O)n(-c3cccc(F)c3)c(=O)c12. The summed E-state index contributed by atoms with van der Waals surface area (Å²) in [4.78, 5) is 28.2. The van der Waals surface area contributed by atoms with E-state index >= 15 is 0 Å². The van der Waals surface area contributed by atoms with Crippen molar-refractivity contribution in [1.29, 1.82) is 0 Å². The first kappa shape index (κ1) is 16.6. The minimum atomic E-state index is -1.16. The monoisotopic (exact) mass is 341 g/mol. The Morgan fingerprint density at radius 1 is 1.28 bits per heavy atom. The number of carbonyl (C=O) groups is 1. The van der Waals surface area contributed by atoms with E-state index in [0.717, 1.165) is 5.56 Å². The highest BCUT2D eigenvalue weighted by Gasteiger charge is 2.14. The summed E-state index contributed by atoms with van der Waals surface area (Å²) < 4.78 is 15.0. The van der Waals surface area contributed by atoms with E-state index in [9.17, 15) is 14.0 Å². The molecule has 0 aliphatic heterocycles. The van der Waals surface area contributed by atoms with Gasteiger partial charge in [-0.25, -0.2) is 14.2 Å². The van der Waals surface area contributed by atoms with Crippen molar-refractivity contribution < 1.29 is 14.3 Å². The van der Waals surface area contributed by atoms with Gasteiger partial charge in [0.15, 0.2) is 0 Å². The summed E-state index contributed by atoms with van der Waals surface area (Å²) in [5.41, 5.74) is 1.35. The van der Waals surface area contributed by atoms with Crippen molar-refractivity contribution in [2.45, 2.75) is 13.3 Å². The second-order valence-corrected chi connectivity index (χ2v) is 5.60. The van der Waals surface area contributed by atoms with Crippen LogP contribution in [0.3, 0.4) is 0 Å². The van der Waals surface area contributed by atoms with Gasteiger partial charge in [-0.05, 0) is 36.8 Å². The summed E-state index contributed by atoms with van der Waals surface area (Å²) >= 11 is 0. The van der Waals surface area contributed by atoms with Crippen LogP contribution >= 0.6 is 0 Å². The average Bonchev–Trinajstić information content (AvgIpc) is 2.54. The Labute approximate surface area is 142 Å². The quantitative estimate of drug-likeness (QED) is 0.764. The zero-order valence-corrected chi connectivity index (χ0v) is 13.5. The van der Waals surface area contributed by atoms with Gasteiger partial charge in [-0.3, -0.25) is 9.36 Å². The molecule has 0 saturated carbocycles. The number of aromatic nitrogens is 2. The highest BCUT2D eigenvalue weighted by atomic mass is 19.1. The highest BCUT2D eigenvalue weighted by molar-refractivity contribution is 5.81. The number of fused-ring (bicyclic) bond motifs is 1. The molecular weight excluding hydrogens is 325 g/mol. The number of nitrogens with one attached hydrogen (secondary N) is 1. The molecule has 0 saturated heterocycles. The van der Waals surface area contributed by atoms with Gasteiger partial charge in [0, 0.05) is 13.0 Å². The van der Waals surface area contributed by atoms with Gasteiger partial charge in [0.25, 0.3) is 5.56 Å². The van der Waals surface area contributed by atoms with E-state index in [2.05, 4.69) is 10.3 Å². The van der Waals surface area contributed by atoms with Crippen LogP contribution in [0.1, 0.15) is 11.4 Å². The van der Waals surface area contributed by atoms with Crippen LogP contribution in [0.4, 0.5) is 9.18 Å². The van der Waals surface area contributed by atoms with Crippen LogP contribution in [-0.4, -0.2) is 27.3 Å². The maximum Gasteiger partial charge on any atom is 0.404 e. The summed E-state index contributed by atoms with van der Waals surface area (Å²) in [5, 5.41) is 11.4. The van der Waals surface area contributed by atoms with E-state index in [0.29, 0.717) is 22.4 Å². The molecule has 128 valence electrons. The summed E-state index contributed by atoms with van der Waals surface area (Å²) in [5.74, 6) is -0.105. The Hall–Kier alpha value is -3.22. The zero-order chi connectivity index (χ0) is 18.0. The van der Waals surface area contributed by atoms with Crippen LogP contribution < -0.4 is 10.9 Å². The standard InChI is InChI=1S/C18H16FN3O3/c1-11-4-2-7-14-16(11)17(23)22(13-6-3-5-12(19)10-13)15(21-14)8-9-20-18(24)25/h2-7,10,20H,8-9H2,1H3,(H,24,25). The molecule has 0 radical (unpaired) electrons. The number of hydrogen-bond acceptors (Lipinski definition) is 3. The predicted octanol–water partition coefficient (Wildman–Crippen LogP) is 2.64. The molecule has 0 aliphatic carbocycles. The molecular formula is C18H16FN3O3. The molecule has 1 aromatic heterocycles. The van der Waals surface area contributed by atoms with Crippen LogP contribution in [-0.2, 0) is 6.42 Å². The molecule has 7 heteroatoms. The van der Waals surface area contributed by atoms with Gasteiger partial charge in [0.1, 0.15) is 11.6 Å². The van der Waals surface area contributed by atoms with Crippen molar-refractivity contribution in [3.8, 4) is 5.69 Å². The number of amides is 1. The summed E-state index contributed by atoms with van der Waals surface area (Å²) in [6, 6.07) is 11.0. The molecule has 3 rings (SSSR count). The molecule has 0 spiro atoms. The first-order valence-corrected chi connectivity index (χ1v) is 7.71. The number of halogens is 1. The van der Waals surface area contributed by atoms with E-state index in [1.165, 1.54) is 22.8 Å². The van der Waals surface area contributed by atoms with Gasteiger partial charge in [0.2, 0.25) is 0 Å². The fourth-order valence-corrected chi connectivity index (χ4v) is 2.77. The Morgan fingerprint density at radius 2 is 2.04 bits per heavy atom. The number of carboxylic acid groups (broad SMARTS) is 1. The van der Waals surface area contributed by atoms with Gasteiger partial charge in [0.05, 0.1) is 16.6 Å². The minimum absolute atomic E-state index is 0.0917. The molecule has 2 aromatic carbocycles. The largest absolute Gasteiger partial charge is 0.465 e. The first-order chi connectivity index (χ1) is 12.0. The summed E-state index contributed by atoms with van der Waals surface area (Å²) in [6.07, 6.45) is -0.960. The van der Waals surface area contributed by atoms with Crippen LogP contribution in [0.15, 0.2) is 47.3 Å². The molecule has 6 nitrogen and oxygen atoms in total. The van der Waals surface area contributed by atoms with Gasteiger partial charge < -0.3 is 10.4 Å². The van der Waals surface area contributed by atoms with Crippen molar-refractivity contribution >= 4 is 17.0 Å². The lowest BCUT2D eigenvalue weighted by Gasteiger charge is -2.14. The summed E-state index contributed by atoms with van der Waals surface area (Å²) in [6.45, 7) is 1.90. The number of benzene rings is 2. The van der Waals surface area contributed by atoms with Crippen molar-refractivity contribution in [2.24, 2.45) is 0 Å². The normalized spacial score (nSPS) is 10.8. The van der Waals surface area contributed by atoms with Crippen LogP contribution in [0.2, 0.25) is 0 Å². The van der Waals surface area contributed by atoms with Crippen molar-refractivity contribution in [2.75, 3.05) is 6.54 Å². The van der Waals surface area contributed by atoms with E-state index in [-0.39, 0.29) is 18.5 Å². The van der Waals surface area contributed by atoms with Crippen LogP contribution in [0, 0.1) is 12.7 Å². The minimum Gasteiger partial charge on any atom is -0.465 e. The fourth-order valence-electron chi connectivity index (χ4n) is 2.77. The lowest BCUT2D eigenvalue weighted by atomic mass is 10.1. The molecule has 25 heavy (non-hydrogen) atoms. The Balaban J connectivity index is 2.23. The third-order valence-electron chi connectivity index (χ3n) is 3.87. The van der Waals surface area contributed by atoms with E-state index in [4.69, 9.17) is 5.11 Å². The molecule has 0 unspecified atom stereocenters. The Morgan fingerprint density at radius 3 is 2.76 bits per heavy atom.